The molecule has 2 heterocycles. The van der Waals surface area contributed by atoms with Crippen LogP contribution >= 0.6 is 0 Å². The maximum absolute atomic E-state index is 12.1. The van der Waals surface area contributed by atoms with Crippen LogP contribution in [0.5, 0.6) is 0 Å². The molecular formula is C19H22O7. The van der Waals surface area contributed by atoms with Crippen molar-refractivity contribution >= 4 is 18.2 Å². The van der Waals surface area contributed by atoms with Crippen LogP contribution < -0.4 is 0 Å². The van der Waals surface area contributed by atoms with E-state index in [1.165, 1.54) is 6.92 Å². The predicted octanol–water partition coefficient (Wildman–Crippen LogP) is 1.01. The quantitative estimate of drug-likeness (QED) is 0.346. The van der Waals surface area contributed by atoms with Crippen LogP contribution in [0.15, 0.2) is 36.0 Å². The number of esters is 2. The number of carbonyl (C=O) groups is 3. The molecule has 140 valence electrons. The lowest BCUT2D eigenvalue weighted by Crippen LogP contribution is -2.45. The Morgan fingerprint density at radius 2 is 2.19 bits per heavy atom. The highest BCUT2D eigenvalue weighted by Crippen LogP contribution is 2.50. The van der Waals surface area contributed by atoms with Gasteiger partial charge in [-0.3, -0.25) is 4.79 Å². The number of aliphatic hydroxyl groups is 1. The van der Waals surface area contributed by atoms with Gasteiger partial charge in [-0.2, -0.15) is 0 Å². The van der Waals surface area contributed by atoms with Gasteiger partial charge in [-0.05, 0) is 26.7 Å². The fraction of sp³-hybridized carbons (Fsp3) is 0.526. The smallest absolute Gasteiger partial charge is 0.334 e. The molecule has 7 nitrogen and oxygen atoms in total. The molecule has 0 aromatic carbocycles. The van der Waals surface area contributed by atoms with E-state index >= 15 is 0 Å². The second-order valence-electron chi connectivity index (χ2n) is 7.23. The summed E-state index contributed by atoms with van der Waals surface area (Å²) in [4.78, 5) is 35.7. The largest absolute Gasteiger partial charge is 0.455 e. The highest BCUT2D eigenvalue weighted by molar-refractivity contribution is 5.92. The van der Waals surface area contributed by atoms with Crippen LogP contribution in [0.3, 0.4) is 0 Å². The first-order valence-electron chi connectivity index (χ1n) is 8.47. The van der Waals surface area contributed by atoms with Gasteiger partial charge in [-0.1, -0.05) is 19.2 Å². The van der Waals surface area contributed by atoms with Crippen LogP contribution in [-0.2, 0) is 28.6 Å². The van der Waals surface area contributed by atoms with Crippen molar-refractivity contribution in [1.82, 2.24) is 0 Å². The summed E-state index contributed by atoms with van der Waals surface area (Å²) in [6.45, 7) is 10.6. The van der Waals surface area contributed by atoms with Gasteiger partial charge in [0.05, 0.1) is 11.5 Å². The van der Waals surface area contributed by atoms with Gasteiger partial charge in [0.2, 0.25) is 0 Å². The number of hydrogen-bond acceptors (Lipinski definition) is 7. The van der Waals surface area contributed by atoms with Crippen molar-refractivity contribution in [2.45, 2.75) is 56.7 Å². The Bertz CT molecular complexity index is 721. The Morgan fingerprint density at radius 3 is 2.81 bits per heavy atom. The maximum atomic E-state index is 12.1. The first-order valence-corrected chi connectivity index (χ1v) is 8.47. The molecule has 1 aliphatic carbocycles. The van der Waals surface area contributed by atoms with Gasteiger partial charge in [0.15, 0.2) is 0 Å². The van der Waals surface area contributed by atoms with Gasteiger partial charge in [-0.25, -0.2) is 9.59 Å². The molecule has 2 aliphatic heterocycles. The predicted molar refractivity (Wildman–Crippen MR) is 89.9 cm³/mol. The number of carbonyl (C=O) groups excluding carboxylic acids is 3. The van der Waals surface area contributed by atoms with Gasteiger partial charge in [0.1, 0.15) is 30.7 Å². The molecule has 2 fully saturated rings. The summed E-state index contributed by atoms with van der Waals surface area (Å²) in [5.74, 6) is -2.19. The third-order valence-electron chi connectivity index (χ3n) is 5.26. The zero-order valence-corrected chi connectivity index (χ0v) is 14.8. The van der Waals surface area contributed by atoms with Crippen LogP contribution in [0, 0.1) is 5.92 Å². The standard InChI is InChI=1S/C19H22O7/c1-9(2)17(22)24-14-12-10(3)18(23)25-15(12)16-19(4,26-16)7-5-6-11(8-20)13(14)21/h6,8,12-16,21H,1,3,5,7H2,2,4H3/b11-6-/t12-,13+,14+,15+,16+,19-/m1/s1. The molecule has 7 heteroatoms. The zero-order chi connectivity index (χ0) is 19.2. The summed E-state index contributed by atoms with van der Waals surface area (Å²) >= 11 is 0. The van der Waals surface area contributed by atoms with Crippen LogP contribution in [0.25, 0.3) is 0 Å². The molecule has 0 aromatic heterocycles. The highest BCUT2D eigenvalue weighted by atomic mass is 16.6. The Kier molecular flexibility index (Phi) is 4.62. The number of ether oxygens (including phenoxy) is 3. The molecule has 3 rings (SSSR count). The van der Waals surface area contributed by atoms with Crippen LogP contribution in [0.4, 0.5) is 0 Å². The van der Waals surface area contributed by atoms with Gasteiger partial charge >= 0.3 is 11.9 Å². The molecule has 0 spiro atoms. The van der Waals surface area contributed by atoms with E-state index in [2.05, 4.69) is 13.2 Å². The number of allylic oxidation sites excluding steroid dienone is 1. The summed E-state index contributed by atoms with van der Waals surface area (Å²) in [5, 5.41) is 10.7. The molecule has 0 saturated carbocycles. The fourth-order valence-corrected chi connectivity index (χ4v) is 3.63. The van der Waals surface area contributed by atoms with Crippen LogP contribution in [-0.4, -0.2) is 53.3 Å². The summed E-state index contributed by atoms with van der Waals surface area (Å²) < 4.78 is 16.6. The fourth-order valence-electron chi connectivity index (χ4n) is 3.63. The zero-order valence-electron chi connectivity index (χ0n) is 14.8. The van der Waals surface area contributed by atoms with Crippen LogP contribution in [0.1, 0.15) is 26.7 Å². The maximum Gasteiger partial charge on any atom is 0.334 e. The Balaban J connectivity index is 2.05. The first kappa shape index (κ1) is 18.5. The molecule has 3 aliphatic rings. The highest BCUT2D eigenvalue weighted by Gasteiger charge is 2.64. The normalized spacial score (nSPS) is 41.0. The third kappa shape index (κ3) is 3.01. The van der Waals surface area contributed by atoms with Gasteiger partial charge in [0, 0.05) is 16.7 Å². The topological polar surface area (TPSA) is 102 Å². The molecule has 0 unspecified atom stereocenters. The summed E-state index contributed by atoms with van der Waals surface area (Å²) in [7, 11) is 0. The lowest BCUT2D eigenvalue weighted by Gasteiger charge is -2.31. The minimum atomic E-state index is -1.42. The van der Waals surface area contributed by atoms with E-state index in [1.807, 2.05) is 6.92 Å². The second kappa shape index (κ2) is 6.48. The molecule has 0 radical (unpaired) electrons. The Labute approximate surface area is 151 Å². The van der Waals surface area contributed by atoms with E-state index in [9.17, 15) is 19.5 Å². The van der Waals surface area contributed by atoms with Crippen molar-refractivity contribution in [2.24, 2.45) is 5.92 Å². The lowest BCUT2D eigenvalue weighted by molar-refractivity contribution is -0.155. The van der Waals surface area contributed by atoms with Gasteiger partial charge in [0.25, 0.3) is 0 Å². The number of aliphatic hydroxyl groups excluding tert-OH is 1. The summed E-state index contributed by atoms with van der Waals surface area (Å²) in [6.07, 6.45) is -0.551. The van der Waals surface area contributed by atoms with E-state index in [0.717, 1.165) is 0 Å². The minimum absolute atomic E-state index is 0.0808. The summed E-state index contributed by atoms with van der Waals surface area (Å²) in [6, 6.07) is 0. The second-order valence-corrected chi connectivity index (χ2v) is 7.23. The monoisotopic (exact) mass is 362 g/mol. The molecule has 2 saturated heterocycles. The molecular weight excluding hydrogens is 340 g/mol. The van der Waals surface area contributed by atoms with Crippen molar-refractivity contribution < 1.29 is 33.7 Å². The van der Waals surface area contributed by atoms with E-state index in [1.54, 1.807) is 6.08 Å². The minimum Gasteiger partial charge on any atom is -0.455 e. The first-order chi connectivity index (χ1) is 12.2. The SMILES string of the molecule is C=C(C)C(=O)O[C@H]1[C@H]2C(=C)C(=O)O[C@@H]2[C@@H]2O[C@]2(C)CC/C=C(/C=O)[C@@H]1O. The van der Waals surface area contributed by atoms with E-state index in [0.29, 0.717) is 19.1 Å². The Morgan fingerprint density at radius 1 is 1.50 bits per heavy atom. The third-order valence-corrected chi connectivity index (χ3v) is 5.26. The number of hydrogen-bond donors (Lipinski definition) is 1. The van der Waals surface area contributed by atoms with E-state index in [-0.39, 0.29) is 22.8 Å². The van der Waals surface area contributed by atoms with E-state index in [4.69, 9.17) is 14.2 Å². The van der Waals surface area contributed by atoms with Gasteiger partial charge < -0.3 is 19.3 Å². The number of fused-ring (bicyclic) bond motifs is 3. The molecule has 1 N–H and O–H groups in total. The van der Waals surface area contributed by atoms with E-state index < -0.39 is 41.8 Å². The molecule has 0 bridgehead atoms. The number of aldehydes is 1. The van der Waals surface area contributed by atoms with Crippen molar-refractivity contribution in [3.8, 4) is 0 Å². The number of epoxide rings is 1. The molecule has 26 heavy (non-hydrogen) atoms. The van der Waals surface area contributed by atoms with Crippen molar-refractivity contribution in [3.05, 3.63) is 36.0 Å². The lowest BCUT2D eigenvalue weighted by atomic mass is 9.80. The van der Waals surface area contributed by atoms with Crippen molar-refractivity contribution in [2.75, 3.05) is 0 Å². The van der Waals surface area contributed by atoms with Crippen molar-refractivity contribution in [3.63, 3.8) is 0 Å². The molecule has 6 atom stereocenters. The summed E-state index contributed by atoms with van der Waals surface area (Å²) in [5.41, 5.74) is -0.218. The van der Waals surface area contributed by atoms with Gasteiger partial charge in [-0.15, -0.1) is 0 Å². The average Bonchev–Trinajstić information content (AvgIpc) is 3.17. The molecule has 0 aromatic rings. The van der Waals surface area contributed by atoms with Crippen LogP contribution in [0.2, 0.25) is 0 Å². The Hall–Kier alpha value is -2.25. The average molecular weight is 362 g/mol. The van der Waals surface area contributed by atoms with Crippen molar-refractivity contribution in [1.29, 1.82) is 0 Å². The number of rotatable bonds is 3. The molecule has 0 amide bonds.